The molecule has 2 aromatic rings. The average molecular weight is 285 g/mol. The molecule has 0 atom stereocenters. The van der Waals surface area contributed by atoms with Gasteiger partial charge in [0.25, 0.3) is 0 Å². The van der Waals surface area contributed by atoms with Crippen LogP contribution >= 0.6 is 0 Å². The van der Waals surface area contributed by atoms with Crippen molar-refractivity contribution >= 4 is 0 Å². The number of ether oxygens (including phenoxy) is 2. The Morgan fingerprint density at radius 3 is 1.57 bits per heavy atom. The zero-order chi connectivity index (χ0) is 14.9. The molecule has 0 spiro atoms. The fraction of sp³-hybridized carbons (Fsp3) is 0.333. The van der Waals surface area contributed by atoms with Crippen molar-refractivity contribution < 1.29 is 9.47 Å². The first-order valence-electron chi connectivity index (χ1n) is 7.47. The predicted octanol–water partition coefficient (Wildman–Crippen LogP) is 3.77. The van der Waals surface area contributed by atoms with Crippen molar-refractivity contribution in [1.82, 2.24) is 5.32 Å². The van der Waals surface area contributed by atoms with Gasteiger partial charge in [-0.25, -0.2) is 0 Å². The highest BCUT2D eigenvalue weighted by atomic mass is 16.5. The molecule has 0 unspecified atom stereocenters. The van der Waals surface area contributed by atoms with E-state index in [0.717, 1.165) is 24.6 Å². The van der Waals surface area contributed by atoms with Crippen molar-refractivity contribution in [1.29, 1.82) is 0 Å². The smallest absolute Gasteiger partial charge is 0.123 e. The molecule has 1 N–H and O–H groups in total. The van der Waals surface area contributed by atoms with Crippen LogP contribution in [0.25, 0.3) is 0 Å². The lowest BCUT2D eigenvalue weighted by Crippen LogP contribution is -2.14. The maximum absolute atomic E-state index is 5.64. The van der Waals surface area contributed by atoms with Gasteiger partial charge in [0, 0.05) is 24.2 Å². The Labute approximate surface area is 126 Å². The van der Waals surface area contributed by atoms with Crippen LogP contribution < -0.4 is 14.8 Å². The van der Waals surface area contributed by atoms with Crippen molar-refractivity contribution in [2.75, 3.05) is 13.2 Å². The zero-order valence-electron chi connectivity index (χ0n) is 12.8. The Morgan fingerprint density at radius 2 is 1.14 bits per heavy atom. The van der Waals surface area contributed by atoms with Crippen LogP contribution in [0.3, 0.4) is 0 Å². The van der Waals surface area contributed by atoms with E-state index in [1.807, 2.05) is 50.2 Å². The predicted molar refractivity (Wildman–Crippen MR) is 85.8 cm³/mol. The lowest BCUT2D eigenvalue weighted by Gasteiger charge is -2.13. The quantitative estimate of drug-likeness (QED) is 0.801. The number of rotatable bonds is 8. The van der Waals surface area contributed by atoms with E-state index in [4.69, 9.17) is 9.47 Å². The van der Waals surface area contributed by atoms with E-state index in [1.54, 1.807) is 0 Å². The lowest BCUT2D eigenvalue weighted by atomic mass is 10.1. The van der Waals surface area contributed by atoms with Crippen LogP contribution in [0.5, 0.6) is 11.5 Å². The van der Waals surface area contributed by atoms with Gasteiger partial charge in [-0.2, -0.15) is 0 Å². The number of nitrogens with one attached hydrogen (secondary N) is 1. The van der Waals surface area contributed by atoms with Crippen molar-refractivity contribution in [2.24, 2.45) is 0 Å². The first kappa shape index (κ1) is 15.4. The SMILES string of the molecule is CCOc1ccccc1CNCc1ccccc1OCC. The molecule has 0 bridgehead atoms. The first-order chi connectivity index (χ1) is 10.3. The first-order valence-corrected chi connectivity index (χ1v) is 7.47. The van der Waals surface area contributed by atoms with E-state index in [1.165, 1.54) is 11.1 Å². The maximum Gasteiger partial charge on any atom is 0.123 e. The van der Waals surface area contributed by atoms with Gasteiger partial charge in [0.2, 0.25) is 0 Å². The van der Waals surface area contributed by atoms with Gasteiger partial charge in [-0.1, -0.05) is 36.4 Å². The van der Waals surface area contributed by atoms with E-state index in [-0.39, 0.29) is 0 Å². The third kappa shape index (κ3) is 4.50. The minimum absolute atomic E-state index is 0.685. The van der Waals surface area contributed by atoms with E-state index in [2.05, 4.69) is 17.4 Å². The van der Waals surface area contributed by atoms with Crippen LogP contribution in [0.1, 0.15) is 25.0 Å². The molecule has 0 heterocycles. The van der Waals surface area contributed by atoms with E-state index >= 15 is 0 Å². The molecule has 2 rings (SSSR count). The Bertz CT molecular complexity index is 505. The summed E-state index contributed by atoms with van der Waals surface area (Å²) in [5, 5.41) is 3.46. The van der Waals surface area contributed by atoms with E-state index in [0.29, 0.717) is 13.2 Å². The number of benzene rings is 2. The summed E-state index contributed by atoms with van der Waals surface area (Å²) in [6.07, 6.45) is 0. The number of hydrogen-bond acceptors (Lipinski definition) is 3. The van der Waals surface area contributed by atoms with Gasteiger partial charge in [-0.15, -0.1) is 0 Å². The number of para-hydroxylation sites is 2. The largest absolute Gasteiger partial charge is 0.494 e. The van der Waals surface area contributed by atoms with Crippen molar-refractivity contribution in [3.05, 3.63) is 59.7 Å². The molecule has 0 aromatic heterocycles. The average Bonchev–Trinajstić information content (AvgIpc) is 2.51. The fourth-order valence-electron chi connectivity index (χ4n) is 2.22. The summed E-state index contributed by atoms with van der Waals surface area (Å²) in [7, 11) is 0. The third-order valence-electron chi connectivity index (χ3n) is 3.18. The Morgan fingerprint density at radius 1 is 0.714 bits per heavy atom. The molecule has 0 fully saturated rings. The van der Waals surface area contributed by atoms with Gasteiger partial charge in [0.1, 0.15) is 11.5 Å². The summed E-state index contributed by atoms with van der Waals surface area (Å²) in [4.78, 5) is 0. The summed E-state index contributed by atoms with van der Waals surface area (Å²) in [6, 6.07) is 16.3. The Kier molecular flexibility index (Phi) is 6.10. The summed E-state index contributed by atoms with van der Waals surface area (Å²) < 4.78 is 11.3. The normalized spacial score (nSPS) is 10.4. The van der Waals surface area contributed by atoms with Gasteiger partial charge in [-0.05, 0) is 26.0 Å². The second-order valence-corrected chi connectivity index (χ2v) is 4.69. The summed E-state index contributed by atoms with van der Waals surface area (Å²) in [5.74, 6) is 1.90. The molecule has 0 aliphatic heterocycles. The lowest BCUT2D eigenvalue weighted by molar-refractivity contribution is 0.333. The molecule has 2 aromatic carbocycles. The molecule has 21 heavy (non-hydrogen) atoms. The summed E-state index contributed by atoms with van der Waals surface area (Å²) in [6.45, 7) is 6.92. The molecule has 112 valence electrons. The molecular weight excluding hydrogens is 262 g/mol. The third-order valence-corrected chi connectivity index (χ3v) is 3.18. The highest BCUT2D eigenvalue weighted by Gasteiger charge is 2.04. The van der Waals surface area contributed by atoms with Crippen LogP contribution in [0.15, 0.2) is 48.5 Å². The summed E-state index contributed by atoms with van der Waals surface area (Å²) >= 11 is 0. The number of hydrogen-bond donors (Lipinski definition) is 1. The fourth-order valence-corrected chi connectivity index (χ4v) is 2.22. The van der Waals surface area contributed by atoms with Gasteiger partial charge >= 0.3 is 0 Å². The second kappa shape index (κ2) is 8.32. The van der Waals surface area contributed by atoms with Crippen LogP contribution in [-0.2, 0) is 13.1 Å². The molecule has 0 amide bonds. The highest BCUT2D eigenvalue weighted by Crippen LogP contribution is 2.20. The van der Waals surface area contributed by atoms with E-state index < -0.39 is 0 Å². The van der Waals surface area contributed by atoms with Crippen LogP contribution in [0.2, 0.25) is 0 Å². The molecule has 0 aliphatic rings. The van der Waals surface area contributed by atoms with Crippen molar-refractivity contribution in [3.63, 3.8) is 0 Å². The zero-order valence-corrected chi connectivity index (χ0v) is 12.8. The molecule has 0 saturated heterocycles. The molecule has 3 nitrogen and oxygen atoms in total. The standard InChI is InChI=1S/C18H23NO2/c1-3-20-17-11-7-5-9-15(17)13-19-14-16-10-6-8-12-18(16)21-4-2/h5-12,19H,3-4,13-14H2,1-2H3. The maximum atomic E-state index is 5.64. The van der Waals surface area contributed by atoms with Gasteiger partial charge < -0.3 is 14.8 Å². The molecule has 3 heteroatoms. The minimum Gasteiger partial charge on any atom is -0.494 e. The van der Waals surface area contributed by atoms with Gasteiger partial charge in [0.05, 0.1) is 13.2 Å². The van der Waals surface area contributed by atoms with Crippen molar-refractivity contribution in [2.45, 2.75) is 26.9 Å². The Balaban J connectivity index is 1.95. The van der Waals surface area contributed by atoms with Crippen LogP contribution in [0, 0.1) is 0 Å². The van der Waals surface area contributed by atoms with Gasteiger partial charge in [-0.3, -0.25) is 0 Å². The van der Waals surface area contributed by atoms with Crippen molar-refractivity contribution in [3.8, 4) is 11.5 Å². The van der Waals surface area contributed by atoms with Crippen LogP contribution in [0.4, 0.5) is 0 Å². The minimum atomic E-state index is 0.685. The topological polar surface area (TPSA) is 30.5 Å². The molecular formula is C18H23NO2. The molecule has 0 saturated carbocycles. The highest BCUT2D eigenvalue weighted by molar-refractivity contribution is 5.35. The van der Waals surface area contributed by atoms with E-state index in [9.17, 15) is 0 Å². The Hall–Kier alpha value is -2.00. The molecule has 0 aliphatic carbocycles. The second-order valence-electron chi connectivity index (χ2n) is 4.69. The molecule has 0 radical (unpaired) electrons. The van der Waals surface area contributed by atoms with Gasteiger partial charge in [0.15, 0.2) is 0 Å². The summed E-state index contributed by atoms with van der Waals surface area (Å²) in [5.41, 5.74) is 2.35. The monoisotopic (exact) mass is 285 g/mol. The van der Waals surface area contributed by atoms with Crippen LogP contribution in [-0.4, -0.2) is 13.2 Å².